The van der Waals surface area contributed by atoms with Gasteiger partial charge in [-0.1, -0.05) is 11.6 Å². The van der Waals surface area contributed by atoms with E-state index < -0.39 is 34.6 Å². The van der Waals surface area contributed by atoms with Gasteiger partial charge in [0.2, 0.25) is 0 Å². The monoisotopic (exact) mass is 239 g/mol. The molecule has 1 rings (SSSR count). The average Bonchev–Trinajstić information content (AvgIpc) is 2.20. The molecular weight excluding hydrogens is 235 g/mol. The molecule has 0 saturated heterocycles. The molecule has 0 fully saturated rings. The van der Waals surface area contributed by atoms with Gasteiger partial charge in [0.05, 0.1) is 12.1 Å². The van der Waals surface area contributed by atoms with Crippen molar-refractivity contribution < 1.29 is 22.7 Å². The molecule has 0 aliphatic heterocycles. The lowest BCUT2D eigenvalue weighted by atomic mass is 10.3. The highest BCUT2D eigenvalue weighted by Crippen LogP contribution is 2.24. The van der Waals surface area contributed by atoms with Crippen molar-refractivity contribution in [3.05, 3.63) is 28.3 Å². The third kappa shape index (κ3) is 2.38. The Morgan fingerprint density at radius 3 is 2.67 bits per heavy atom. The molecular formula is C8H5ClF3NO2. The first kappa shape index (κ1) is 11.8. The van der Waals surface area contributed by atoms with E-state index in [1.165, 1.54) is 0 Å². The molecule has 15 heavy (non-hydrogen) atoms. The van der Waals surface area contributed by atoms with Gasteiger partial charge in [-0.2, -0.15) is 0 Å². The van der Waals surface area contributed by atoms with E-state index in [0.29, 0.717) is 6.07 Å². The van der Waals surface area contributed by atoms with E-state index in [1.807, 2.05) is 0 Å². The zero-order chi connectivity index (χ0) is 11.6. The normalized spacial score (nSPS) is 10.5. The third-order valence-corrected chi connectivity index (χ3v) is 1.81. The molecule has 0 amide bonds. The van der Waals surface area contributed by atoms with Crippen molar-refractivity contribution in [2.24, 2.45) is 0 Å². The molecule has 0 N–H and O–H groups in total. The van der Waals surface area contributed by atoms with Crippen LogP contribution in [0.25, 0.3) is 0 Å². The minimum Gasteiger partial charge on any atom is -0.464 e. The molecule has 0 aliphatic rings. The van der Waals surface area contributed by atoms with E-state index in [4.69, 9.17) is 11.6 Å². The van der Waals surface area contributed by atoms with Gasteiger partial charge in [-0.25, -0.2) is 22.9 Å². The predicted octanol–water partition coefficient (Wildman–Crippen LogP) is 2.60. The number of ether oxygens (including phenoxy) is 1. The van der Waals surface area contributed by atoms with Gasteiger partial charge >= 0.3 is 5.97 Å². The van der Waals surface area contributed by atoms with Crippen LogP contribution < -0.4 is 0 Å². The number of carbonyl (C=O) groups excluding carboxylic acids is 1. The van der Waals surface area contributed by atoms with Gasteiger partial charge in [-0.3, -0.25) is 0 Å². The van der Waals surface area contributed by atoms with Crippen LogP contribution in [0, 0.1) is 5.82 Å². The van der Waals surface area contributed by atoms with E-state index >= 15 is 0 Å². The van der Waals surface area contributed by atoms with E-state index in [-0.39, 0.29) is 0 Å². The Bertz CT molecular complexity index is 398. The lowest BCUT2D eigenvalue weighted by Gasteiger charge is -2.05. The summed E-state index contributed by atoms with van der Waals surface area (Å²) in [5.74, 6) is -2.33. The number of hydrogen-bond donors (Lipinski definition) is 0. The molecule has 3 nitrogen and oxygen atoms in total. The quantitative estimate of drug-likeness (QED) is 0.745. The summed E-state index contributed by atoms with van der Waals surface area (Å²) in [5, 5.41) is -0.597. The van der Waals surface area contributed by atoms with Gasteiger partial charge in [0.15, 0.2) is 11.5 Å². The second-order valence-corrected chi connectivity index (χ2v) is 2.89. The molecule has 0 aromatic carbocycles. The van der Waals surface area contributed by atoms with E-state index in [0.717, 1.165) is 7.11 Å². The highest BCUT2D eigenvalue weighted by atomic mass is 35.5. The van der Waals surface area contributed by atoms with Crippen LogP contribution in [0.3, 0.4) is 0 Å². The van der Waals surface area contributed by atoms with Gasteiger partial charge in [0, 0.05) is 0 Å². The van der Waals surface area contributed by atoms with Crippen molar-refractivity contribution in [2.45, 2.75) is 6.43 Å². The standard InChI is InChI=1S/C8H5ClF3NO2/c1-15-8(14)6-5(10)3(9)2-4(13-6)7(11)12/h2,7H,1H3. The molecule has 0 radical (unpaired) electrons. The Labute approximate surface area is 87.8 Å². The van der Waals surface area contributed by atoms with E-state index in [1.54, 1.807) is 0 Å². The molecule has 0 aliphatic carbocycles. The maximum Gasteiger partial charge on any atom is 0.359 e. The second kappa shape index (κ2) is 4.48. The van der Waals surface area contributed by atoms with Gasteiger partial charge in [-0.15, -0.1) is 0 Å². The first-order chi connectivity index (χ1) is 6.97. The lowest BCUT2D eigenvalue weighted by molar-refractivity contribution is 0.0586. The fraction of sp³-hybridized carbons (Fsp3) is 0.250. The van der Waals surface area contributed by atoms with E-state index in [9.17, 15) is 18.0 Å². The summed E-state index contributed by atoms with van der Waals surface area (Å²) in [6, 6.07) is 0.661. The molecule has 0 atom stereocenters. The van der Waals surface area contributed by atoms with Crippen LogP contribution in [0.5, 0.6) is 0 Å². The van der Waals surface area contributed by atoms with Crippen LogP contribution in [0.4, 0.5) is 13.2 Å². The van der Waals surface area contributed by atoms with Crippen LogP contribution in [0.1, 0.15) is 22.6 Å². The zero-order valence-electron chi connectivity index (χ0n) is 7.43. The van der Waals surface area contributed by atoms with Gasteiger partial charge in [0.1, 0.15) is 5.69 Å². The summed E-state index contributed by atoms with van der Waals surface area (Å²) in [5.41, 5.74) is -1.62. The van der Waals surface area contributed by atoms with Crippen LogP contribution in [-0.2, 0) is 4.74 Å². The summed E-state index contributed by atoms with van der Waals surface area (Å²) >= 11 is 5.31. The molecule has 1 aromatic rings. The fourth-order valence-electron chi connectivity index (χ4n) is 0.860. The van der Waals surface area contributed by atoms with Crippen LogP contribution >= 0.6 is 11.6 Å². The minimum atomic E-state index is -2.94. The number of esters is 1. The van der Waals surface area contributed by atoms with Gasteiger partial charge in [-0.05, 0) is 6.07 Å². The topological polar surface area (TPSA) is 39.2 Å². The Morgan fingerprint density at radius 2 is 2.20 bits per heavy atom. The number of rotatable bonds is 2. The SMILES string of the molecule is COC(=O)c1nc(C(F)F)cc(Cl)c1F. The summed E-state index contributed by atoms with van der Waals surface area (Å²) in [6.45, 7) is 0. The molecule has 82 valence electrons. The lowest BCUT2D eigenvalue weighted by Crippen LogP contribution is -2.10. The smallest absolute Gasteiger partial charge is 0.359 e. The Hall–Kier alpha value is -1.30. The number of alkyl halides is 2. The molecule has 1 heterocycles. The molecule has 0 unspecified atom stereocenters. The number of pyridine rings is 1. The second-order valence-electron chi connectivity index (χ2n) is 2.48. The number of methoxy groups -OCH3 is 1. The zero-order valence-corrected chi connectivity index (χ0v) is 8.19. The molecule has 1 aromatic heterocycles. The number of halogens is 4. The third-order valence-electron chi connectivity index (χ3n) is 1.54. The maximum absolute atomic E-state index is 13.1. The number of aromatic nitrogens is 1. The summed E-state index contributed by atoms with van der Waals surface area (Å²) in [4.78, 5) is 14.1. The average molecular weight is 240 g/mol. The van der Waals surface area contributed by atoms with Gasteiger partial charge in [0.25, 0.3) is 6.43 Å². The molecule has 0 bridgehead atoms. The summed E-state index contributed by atoms with van der Waals surface area (Å²) in [6.07, 6.45) is -2.94. The molecule has 0 saturated carbocycles. The summed E-state index contributed by atoms with van der Waals surface area (Å²) < 4.78 is 41.8. The van der Waals surface area contributed by atoms with Crippen LogP contribution in [0.15, 0.2) is 6.07 Å². The van der Waals surface area contributed by atoms with Gasteiger partial charge < -0.3 is 4.74 Å². The largest absolute Gasteiger partial charge is 0.464 e. The van der Waals surface area contributed by atoms with Crippen molar-refractivity contribution in [3.63, 3.8) is 0 Å². The van der Waals surface area contributed by atoms with Crippen molar-refractivity contribution in [1.82, 2.24) is 4.98 Å². The Morgan fingerprint density at radius 1 is 1.60 bits per heavy atom. The highest BCUT2D eigenvalue weighted by molar-refractivity contribution is 6.31. The first-order valence-electron chi connectivity index (χ1n) is 3.69. The fourth-order valence-corrected chi connectivity index (χ4v) is 1.06. The molecule has 7 heteroatoms. The number of carbonyl (C=O) groups is 1. The van der Waals surface area contributed by atoms with Crippen molar-refractivity contribution in [1.29, 1.82) is 0 Å². The Kier molecular flexibility index (Phi) is 3.52. The first-order valence-corrected chi connectivity index (χ1v) is 4.07. The summed E-state index contributed by atoms with van der Waals surface area (Å²) in [7, 11) is 0.979. The maximum atomic E-state index is 13.1. The minimum absolute atomic E-state index is 0.597. The number of hydrogen-bond acceptors (Lipinski definition) is 3. The van der Waals surface area contributed by atoms with E-state index in [2.05, 4.69) is 9.72 Å². The molecule has 0 spiro atoms. The van der Waals surface area contributed by atoms with Crippen LogP contribution in [0.2, 0.25) is 5.02 Å². The number of nitrogens with zero attached hydrogens (tertiary/aromatic N) is 1. The Balaban J connectivity index is 3.31. The predicted molar refractivity (Wildman–Crippen MR) is 45.5 cm³/mol. The van der Waals surface area contributed by atoms with Crippen LogP contribution in [-0.4, -0.2) is 18.1 Å². The van der Waals surface area contributed by atoms with Crippen molar-refractivity contribution >= 4 is 17.6 Å². The highest BCUT2D eigenvalue weighted by Gasteiger charge is 2.21. The van der Waals surface area contributed by atoms with Crippen molar-refractivity contribution in [3.8, 4) is 0 Å². The van der Waals surface area contributed by atoms with Crippen molar-refractivity contribution in [2.75, 3.05) is 7.11 Å².